The molecule has 0 unspecified atom stereocenters. The van der Waals surface area contributed by atoms with Crippen LogP contribution in [0.25, 0.3) is 5.65 Å². The topological polar surface area (TPSA) is 70.4 Å². The quantitative estimate of drug-likeness (QED) is 0.568. The van der Waals surface area contributed by atoms with Crippen LogP contribution >= 0.6 is 15.9 Å². The molecule has 3 heterocycles. The molecule has 0 amide bonds. The van der Waals surface area contributed by atoms with Crippen molar-refractivity contribution in [2.24, 2.45) is 5.41 Å². The van der Waals surface area contributed by atoms with Crippen LogP contribution in [-0.2, 0) is 6.54 Å². The van der Waals surface area contributed by atoms with Crippen molar-refractivity contribution in [1.29, 1.82) is 0 Å². The molecule has 0 aliphatic carbocycles. The van der Waals surface area contributed by atoms with Gasteiger partial charge in [0.2, 0.25) is 0 Å². The van der Waals surface area contributed by atoms with E-state index in [1.807, 2.05) is 24.4 Å². The number of fused-ring (bicyclic) bond motifs is 1. The van der Waals surface area contributed by atoms with Crippen molar-refractivity contribution < 1.29 is 0 Å². The number of nitrogens with zero attached hydrogens (tertiary/aromatic N) is 5. The third-order valence-corrected chi connectivity index (χ3v) is 4.68. The van der Waals surface area contributed by atoms with E-state index in [1.165, 1.54) is 0 Å². The first kappa shape index (κ1) is 19.6. The van der Waals surface area contributed by atoms with Gasteiger partial charge in [-0.25, -0.2) is 4.98 Å². The molecular weight excluding hydrogens is 406 g/mol. The Morgan fingerprint density at radius 2 is 2.04 bits per heavy atom. The summed E-state index contributed by atoms with van der Waals surface area (Å²) in [6, 6.07) is 5.97. The van der Waals surface area contributed by atoms with Gasteiger partial charge in [-0.05, 0) is 47.1 Å². The SMILES string of the molecule is CN(C)CC(C)(C)CNc1cc(NCc2cccnc2)n2ncc(Br)c2n1. The van der Waals surface area contributed by atoms with Crippen LogP contribution in [0.15, 0.2) is 41.3 Å². The van der Waals surface area contributed by atoms with Crippen LogP contribution in [0.2, 0.25) is 0 Å². The summed E-state index contributed by atoms with van der Waals surface area (Å²) in [6.07, 6.45) is 5.39. The van der Waals surface area contributed by atoms with E-state index in [-0.39, 0.29) is 5.41 Å². The zero-order valence-electron chi connectivity index (χ0n) is 16.2. The van der Waals surface area contributed by atoms with E-state index in [0.29, 0.717) is 6.54 Å². The second kappa shape index (κ2) is 8.22. The van der Waals surface area contributed by atoms with Gasteiger partial charge in [0.1, 0.15) is 11.6 Å². The maximum absolute atomic E-state index is 4.71. The normalized spacial score (nSPS) is 11.9. The van der Waals surface area contributed by atoms with Crippen molar-refractivity contribution in [3.63, 3.8) is 0 Å². The van der Waals surface area contributed by atoms with Crippen LogP contribution in [-0.4, -0.2) is 51.7 Å². The number of hydrogen-bond acceptors (Lipinski definition) is 6. The molecule has 27 heavy (non-hydrogen) atoms. The number of anilines is 2. The third-order valence-electron chi connectivity index (χ3n) is 4.12. The second-order valence-electron chi connectivity index (χ2n) is 7.72. The molecule has 0 aliphatic heterocycles. The Labute approximate surface area is 168 Å². The summed E-state index contributed by atoms with van der Waals surface area (Å²) >= 11 is 3.54. The van der Waals surface area contributed by atoms with Crippen LogP contribution < -0.4 is 10.6 Å². The van der Waals surface area contributed by atoms with Gasteiger partial charge in [-0.1, -0.05) is 19.9 Å². The van der Waals surface area contributed by atoms with E-state index >= 15 is 0 Å². The predicted octanol–water partition coefficient (Wildman–Crippen LogP) is 3.50. The lowest BCUT2D eigenvalue weighted by molar-refractivity contribution is 0.254. The standard InChI is InChI=1S/C19H26BrN7/c1-19(2,13-26(3)4)12-23-16-8-17(22-10-14-6-5-7-21-9-14)27-18(25-16)15(20)11-24-27/h5-9,11,22H,10,12-13H2,1-4H3,(H,23,25). The molecule has 2 N–H and O–H groups in total. The first-order valence-electron chi connectivity index (χ1n) is 8.90. The second-order valence-corrected chi connectivity index (χ2v) is 8.58. The van der Waals surface area contributed by atoms with Crippen LogP contribution in [0.1, 0.15) is 19.4 Å². The van der Waals surface area contributed by atoms with Crippen LogP contribution in [0, 0.1) is 5.41 Å². The highest BCUT2D eigenvalue weighted by Crippen LogP contribution is 2.24. The van der Waals surface area contributed by atoms with E-state index in [1.54, 1.807) is 16.9 Å². The molecule has 0 aliphatic rings. The fourth-order valence-corrected chi connectivity index (χ4v) is 3.44. The molecule has 7 nitrogen and oxygen atoms in total. The van der Waals surface area contributed by atoms with E-state index in [9.17, 15) is 0 Å². The Kier molecular flexibility index (Phi) is 5.96. The Hall–Kier alpha value is -2.19. The van der Waals surface area contributed by atoms with Gasteiger partial charge in [0.05, 0.1) is 10.7 Å². The van der Waals surface area contributed by atoms with Crippen LogP contribution in [0.5, 0.6) is 0 Å². The minimum absolute atomic E-state index is 0.123. The number of nitrogens with one attached hydrogen (secondary N) is 2. The summed E-state index contributed by atoms with van der Waals surface area (Å²) in [4.78, 5) is 11.1. The molecule has 144 valence electrons. The van der Waals surface area contributed by atoms with Gasteiger partial charge in [-0.2, -0.15) is 9.61 Å². The zero-order valence-corrected chi connectivity index (χ0v) is 17.8. The van der Waals surface area contributed by atoms with Crippen LogP contribution in [0.3, 0.4) is 0 Å². The number of halogens is 1. The first-order valence-corrected chi connectivity index (χ1v) is 9.69. The molecule has 0 radical (unpaired) electrons. The van der Waals surface area contributed by atoms with Gasteiger partial charge in [-0.15, -0.1) is 0 Å². The number of aromatic nitrogens is 4. The van der Waals surface area contributed by atoms with E-state index in [2.05, 4.69) is 69.5 Å². The minimum atomic E-state index is 0.123. The van der Waals surface area contributed by atoms with E-state index < -0.39 is 0 Å². The van der Waals surface area contributed by atoms with Crippen LogP contribution in [0.4, 0.5) is 11.6 Å². The van der Waals surface area contributed by atoms with E-state index in [0.717, 1.165) is 40.4 Å². The number of hydrogen-bond donors (Lipinski definition) is 2. The summed E-state index contributed by atoms with van der Waals surface area (Å²) in [5.74, 6) is 1.70. The lowest BCUT2D eigenvalue weighted by Gasteiger charge is -2.28. The number of rotatable bonds is 8. The average Bonchev–Trinajstić information content (AvgIpc) is 2.99. The Morgan fingerprint density at radius 1 is 1.22 bits per heavy atom. The molecule has 8 heteroatoms. The average molecular weight is 432 g/mol. The Morgan fingerprint density at radius 3 is 2.74 bits per heavy atom. The molecule has 0 spiro atoms. The van der Waals surface area contributed by atoms with Gasteiger partial charge in [0.15, 0.2) is 5.65 Å². The van der Waals surface area contributed by atoms with Crippen molar-refractivity contribution in [1.82, 2.24) is 24.5 Å². The smallest absolute Gasteiger partial charge is 0.173 e. The zero-order chi connectivity index (χ0) is 19.4. The monoisotopic (exact) mass is 431 g/mol. The maximum Gasteiger partial charge on any atom is 0.173 e. The van der Waals surface area contributed by atoms with Crippen molar-refractivity contribution in [3.05, 3.63) is 46.8 Å². The van der Waals surface area contributed by atoms with Gasteiger partial charge < -0.3 is 15.5 Å². The van der Waals surface area contributed by atoms with Gasteiger partial charge in [0, 0.05) is 38.1 Å². The van der Waals surface area contributed by atoms with Crippen molar-refractivity contribution >= 4 is 33.2 Å². The summed E-state index contributed by atoms with van der Waals surface area (Å²) in [6.45, 7) is 6.96. The summed E-state index contributed by atoms with van der Waals surface area (Å²) in [5.41, 5.74) is 2.01. The van der Waals surface area contributed by atoms with Gasteiger partial charge >= 0.3 is 0 Å². The predicted molar refractivity (Wildman–Crippen MR) is 113 cm³/mol. The molecule has 0 fully saturated rings. The highest BCUT2D eigenvalue weighted by atomic mass is 79.9. The first-order chi connectivity index (χ1) is 12.8. The highest BCUT2D eigenvalue weighted by molar-refractivity contribution is 9.10. The largest absolute Gasteiger partial charge is 0.369 e. The molecule has 3 aromatic heterocycles. The fourth-order valence-electron chi connectivity index (χ4n) is 3.09. The minimum Gasteiger partial charge on any atom is -0.369 e. The fraction of sp³-hybridized carbons (Fsp3) is 0.421. The third kappa shape index (κ3) is 5.17. The van der Waals surface area contributed by atoms with Gasteiger partial charge in [-0.3, -0.25) is 4.98 Å². The lowest BCUT2D eigenvalue weighted by Crippen LogP contribution is -2.34. The van der Waals surface area contributed by atoms with Crippen molar-refractivity contribution in [2.75, 3.05) is 37.8 Å². The van der Waals surface area contributed by atoms with Crippen molar-refractivity contribution in [3.8, 4) is 0 Å². The number of pyridine rings is 1. The van der Waals surface area contributed by atoms with Crippen molar-refractivity contribution in [2.45, 2.75) is 20.4 Å². The molecule has 0 bridgehead atoms. The summed E-state index contributed by atoms with van der Waals surface area (Å²) in [7, 11) is 4.19. The Balaban J connectivity index is 1.80. The molecule has 0 aromatic carbocycles. The highest BCUT2D eigenvalue weighted by Gasteiger charge is 2.19. The lowest BCUT2D eigenvalue weighted by atomic mass is 9.93. The molecule has 0 atom stereocenters. The maximum atomic E-state index is 4.71. The summed E-state index contributed by atoms with van der Waals surface area (Å²) < 4.78 is 2.67. The Bertz CT molecular complexity index is 890. The molecule has 3 rings (SSSR count). The molecular formula is C19H26BrN7. The van der Waals surface area contributed by atoms with Gasteiger partial charge in [0.25, 0.3) is 0 Å². The molecule has 0 saturated heterocycles. The summed E-state index contributed by atoms with van der Waals surface area (Å²) in [5, 5.41) is 11.3. The molecule has 0 saturated carbocycles. The van der Waals surface area contributed by atoms with E-state index in [4.69, 9.17) is 4.98 Å². The molecule has 3 aromatic rings.